The number of thiazole rings is 1. The zero-order valence-electron chi connectivity index (χ0n) is 8.40. The molecule has 0 unspecified atom stereocenters. The van der Waals surface area contributed by atoms with E-state index in [1.54, 1.807) is 24.7 Å². The smallest absolute Gasteiger partial charge is 0.183 e. The van der Waals surface area contributed by atoms with Crippen LogP contribution in [-0.4, -0.2) is 25.2 Å². The van der Waals surface area contributed by atoms with Crippen molar-refractivity contribution in [1.82, 2.24) is 4.98 Å². The summed E-state index contributed by atoms with van der Waals surface area (Å²) in [7, 11) is 1.68. The lowest BCUT2D eigenvalue weighted by molar-refractivity contribution is 0.211. The second-order valence-electron chi connectivity index (χ2n) is 2.93. The highest BCUT2D eigenvalue weighted by atomic mass is 32.1. The van der Waals surface area contributed by atoms with Crippen LogP contribution in [0.15, 0.2) is 28.2 Å². The summed E-state index contributed by atoms with van der Waals surface area (Å²) in [6, 6.07) is 3.75. The zero-order chi connectivity index (χ0) is 10.5. The van der Waals surface area contributed by atoms with E-state index in [4.69, 9.17) is 9.15 Å². The van der Waals surface area contributed by atoms with Crippen LogP contribution in [0.2, 0.25) is 0 Å². The van der Waals surface area contributed by atoms with Crippen LogP contribution >= 0.6 is 11.3 Å². The summed E-state index contributed by atoms with van der Waals surface area (Å²) in [5.74, 6) is 0.797. The average molecular weight is 224 g/mol. The number of anilines is 1. The molecule has 0 aromatic carbocycles. The standard InChI is InChI=1S/C10H12N2O2S/c1-13-6-4-11-10-12-8(7-15-10)9-3-2-5-14-9/h2-3,5,7H,4,6H2,1H3,(H,11,12). The molecule has 0 aliphatic heterocycles. The van der Waals surface area contributed by atoms with Gasteiger partial charge in [-0.25, -0.2) is 4.98 Å². The Morgan fingerprint density at radius 2 is 2.53 bits per heavy atom. The molecule has 0 amide bonds. The highest BCUT2D eigenvalue weighted by Crippen LogP contribution is 2.24. The molecule has 2 aromatic rings. The van der Waals surface area contributed by atoms with Gasteiger partial charge in [-0.2, -0.15) is 0 Å². The summed E-state index contributed by atoms with van der Waals surface area (Å²) in [6.07, 6.45) is 1.65. The summed E-state index contributed by atoms with van der Waals surface area (Å²) in [5.41, 5.74) is 0.866. The highest BCUT2D eigenvalue weighted by Gasteiger charge is 2.05. The van der Waals surface area contributed by atoms with Gasteiger partial charge < -0.3 is 14.5 Å². The van der Waals surface area contributed by atoms with Crippen molar-refractivity contribution < 1.29 is 9.15 Å². The van der Waals surface area contributed by atoms with Crippen molar-refractivity contribution >= 4 is 16.5 Å². The van der Waals surface area contributed by atoms with Crippen molar-refractivity contribution in [2.75, 3.05) is 25.6 Å². The Morgan fingerprint density at radius 3 is 3.27 bits per heavy atom. The number of hydrogen-bond donors (Lipinski definition) is 1. The van der Waals surface area contributed by atoms with Gasteiger partial charge in [0.05, 0.1) is 12.9 Å². The Hall–Kier alpha value is -1.33. The first kappa shape index (κ1) is 10.2. The van der Waals surface area contributed by atoms with Crippen molar-refractivity contribution in [3.63, 3.8) is 0 Å². The number of nitrogens with one attached hydrogen (secondary N) is 1. The van der Waals surface area contributed by atoms with Gasteiger partial charge >= 0.3 is 0 Å². The molecule has 2 aromatic heterocycles. The molecule has 2 rings (SSSR count). The highest BCUT2D eigenvalue weighted by molar-refractivity contribution is 7.14. The fraction of sp³-hybridized carbons (Fsp3) is 0.300. The number of nitrogens with zero attached hydrogens (tertiary/aromatic N) is 1. The van der Waals surface area contributed by atoms with Gasteiger partial charge in [0.1, 0.15) is 5.69 Å². The SMILES string of the molecule is COCCNc1nc(-c2ccco2)cs1. The lowest BCUT2D eigenvalue weighted by atomic mass is 10.4. The zero-order valence-corrected chi connectivity index (χ0v) is 9.21. The first-order valence-corrected chi connectivity index (χ1v) is 5.50. The second kappa shape index (κ2) is 4.95. The van der Waals surface area contributed by atoms with E-state index in [0.717, 1.165) is 23.1 Å². The van der Waals surface area contributed by atoms with E-state index < -0.39 is 0 Å². The fourth-order valence-corrected chi connectivity index (χ4v) is 1.88. The number of furan rings is 1. The van der Waals surface area contributed by atoms with Crippen LogP contribution in [-0.2, 0) is 4.74 Å². The maximum Gasteiger partial charge on any atom is 0.183 e. The molecule has 5 heteroatoms. The van der Waals surface area contributed by atoms with E-state index >= 15 is 0 Å². The molecule has 15 heavy (non-hydrogen) atoms. The Kier molecular flexibility index (Phi) is 3.37. The lowest BCUT2D eigenvalue weighted by Crippen LogP contribution is -2.06. The predicted molar refractivity (Wildman–Crippen MR) is 60.2 cm³/mol. The van der Waals surface area contributed by atoms with Gasteiger partial charge in [-0.1, -0.05) is 0 Å². The van der Waals surface area contributed by atoms with Gasteiger partial charge in [0.15, 0.2) is 10.9 Å². The Morgan fingerprint density at radius 1 is 1.60 bits per heavy atom. The minimum absolute atomic E-state index is 0.676. The molecule has 1 N–H and O–H groups in total. The van der Waals surface area contributed by atoms with Crippen LogP contribution in [0.25, 0.3) is 11.5 Å². The molecule has 0 fully saturated rings. The third-order valence-electron chi connectivity index (χ3n) is 1.86. The maximum absolute atomic E-state index is 5.25. The molecular weight excluding hydrogens is 212 g/mol. The quantitative estimate of drug-likeness (QED) is 0.792. The van der Waals surface area contributed by atoms with Crippen molar-refractivity contribution in [2.45, 2.75) is 0 Å². The van der Waals surface area contributed by atoms with Crippen LogP contribution in [0.3, 0.4) is 0 Å². The minimum atomic E-state index is 0.676. The molecular formula is C10H12N2O2S. The summed E-state index contributed by atoms with van der Waals surface area (Å²) in [4.78, 5) is 4.38. The van der Waals surface area contributed by atoms with Gasteiger partial charge in [-0.15, -0.1) is 11.3 Å². The minimum Gasteiger partial charge on any atom is -0.463 e. The Balaban J connectivity index is 1.98. The Bertz CT molecular complexity index is 397. The largest absolute Gasteiger partial charge is 0.463 e. The predicted octanol–water partition coefficient (Wildman–Crippen LogP) is 2.46. The summed E-state index contributed by atoms with van der Waals surface area (Å²) >= 11 is 1.56. The van der Waals surface area contributed by atoms with E-state index in [0.29, 0.717) is 6.61 Å². The van der Waals surface area contributed by atoms with E-state index in [2.05, 4.69) is 10.3 Å². The van der Waals surface area contributed by atoms with E-state index in [1.807, 2.05) is 17.5 Å². The molecule has 0 bridgehead atoms. The molecule has 0 aliphatic rings. The van der Waals surface area contributed by atoms with Gasteiger partial charge in [-0.3, -0.25) is 0 Å². The monoisotopic (exact) mass is 224 g/mol. The molecule has 0 radical (unpaired) electrons. The first-order chi connectivity index (χ1) is 7.40. The molecule has 0 atom stereocenters. The van der Waals surface area contributed by atoms with Crippen LogP contribution in [0.1, 0.15) is 0 Å². The molecule has 80 valence electrons. The molecule has 0 spiro atoms. The second-order valence-corrected chi connectivity index (χ2v) is 3.79. The van der Waals surface area contributed by atoms with Crippen molar-refractivity contribution in [3.8, 4) is 11.5 Å². The third kappa shape index (κ3) is 2.57. The van der Waals surface area contributed by atoms with Crippen molar-refractivity contribution in [1.29, 1.82) is 0 Å². The van der Waals surface area contributed by atoms with Gasteiger partial charge in [0.2, 0.25) is 0 Å². The topological polar surface area (TPSA) is 47.3 Å². The molecule has 0 aliphatic carbocycles. The van der Waals surface area contributed by atoms with Gasteiger partial charge in [0.25, 0.3) is 0 Å². The molecule has 0 saturated heterocycles. The number of methoxy groups -OCH3 is 1. The lowest BCUT2D eigenvalue weighted by Gasteiger charge is -1.99. The van der Waals surface area contributed by atoms with E-state index in [1.165, 1.54) is 0 Å². The van der Waals surface area contributed by atoms with Crippen LogP contribution in [0.5, 0.6) is 0 Å². The van der Waals surface area contributed by atoms with Gasteiger partial charge in [0, 0.05) is 19.0 Å². The summed E-state index contributed by atoms with van der Waals surface area (Å²) in [6.45, 7) is 1.44. The summed E-state index contributed by atoms with van der Waals surface area (Å²) < 4.78 is 10.2. The van der Waals surface area contributed by atoms with Crippen LogP contribution < -0.4 is 5.32 Å². The number of aromatic nitrogens is 1. The molecule has 4 nitrogen and oxygen atoms in total. The molecule has 0 saturated carbocycles. The van der Waals surface area contributed by atoms with Crippen molar-refractivity contribution in [2.24, 2.45) is 0 Å². The fourth-order valence-electron chi connectivity index (χ4n) is 1.15. The van der Waals surface area contributed by atoms with Crippen molar-refractivity contribution in [3.05, 3.63) is 23.8 Å². The number of hydrogen-bond acceptors (Lipinski definition) is 5. The Labute approximate surface area is 91.9 Å². The summed E-state index contributed by atoms with van der Waals surface area (Å²) in [5, 5.41) is 6.02. The first-order valence-electron chi connectivity index (χ1n) is 4.62. The van der Waals surface area contributed by atoms with Crippen LogP contribution in [0.4, 0.5) is 5.13 Å². The van der Waals surface area contributed by atoms with Gasteiger partial charge in [-0.05, 0) is 12.1 Å². The maximum atomic E-state index is 5.25. The molecule has 2 heterocycles. The number of rotatable bonds is 5. The third-order valence-corrected chi connectivity index (χ3v) is 2.66. The van der Waals surface area contributed by atoms with E-state index in [9.17, 15) is 0 Å². The average Bonchev–Trinajstić information content (AvgIpc) is 2.87. The van der Waals surface area contributed by atoms with E-state index in [-0.39, 0.29) is 0 Å². The normalized spacial score (nSPS) is 10.5. The number of ether oxygens (including phenoxy) is 1. The van der Waals surface area contributed by atoms with Crippen LogP contribution in [0, 0.1) is 0 Å².